The molecule has 0 radical (unpaired) electrons. The first-order chi connectivity index (χ1) is 13.9. The van der Waals surface area contributed by atoms with Gasteiger partial charge in [-0.1, -0.05) is 49.0 Å². The number of ether oxygens (including phenoxy) is 1. The minimum atomic E-state index is -0.529. The predicted octanol–water partition coefficient (Wildman–Crippen LogP) is 2.13. The quantitative estimate of drug-likeness (QED) is 0.346. The summed E-state index contributed by atoms with van der Waals surface area (Å²) in [6.45, 7) is 3.88. The first-order valence-corrected chi connectivity index (χ1v) is 10.1. The maximum absolute atomic E-state index is 12.9. The van der Waals surface area contributed by atoms with Gasteiger partial charge in [-0.3, -0.25) is 18.7 Å². The van der Waals surface area contributed by atoms with Crippen LogP contribution in [0.3, 0.4) is 0 Å². The Hall–Kier alpha value is -2.94. The van der Waals surface area contributed by atoms with Gasteiger partial charge >= 0.3 is 11.7 Å². The van der Waals surface area contributed by atoms with E-state index in [9.17, 15) is 14.4 Å². The zero-order valence-corrected chi connectivity index (χ0v) is 17.5. The molecule has 0 amide bonds. The van der Waals surface area contributed by atoms with Gasteiger partial charge in [0.1, 0.15) is 15.7 Å². The van der Waals surface area contributed by atoms with E-state index in [-0.39, 0.29) is 23.6 Å². The van der Waals surface area contributed by atoms with E-state index in [1.807, 2.05) is 37.3 Å². The van der Waals surface area contributed by atoms with Gasteiger partial charge in [-0.2, -0.15) is 0 Å². The molecule has 1 atom stereocenters. The van der Waals surface area contributed by atoms with Crippen molar-refractivity contribution >= 4 is 28.8 Å². The summed E-state index contributed by atoms with van der Waals surface area (Å²) in [5, 5.41) is 0.0330. The highest BCUT2D eigenvalue weighted by Crippen LogP contribution is 2.30. The Kier molecular flexibility index (Phi) is 6.17. The molecular formula is C20H22N4O4S. The van der Waals surface area contributed by atoms with Crippen LogP contribution < -0.4 is 11.2 Å². The van der Waals surface area contributed by atoms with Crippen LogP contribution in [0.25, 0.3) is 22.4 Å². The number of rotatable bonds is 6. The lowest BCUT2D eigenvalue weighted by Crippen LogP contribution is -2.38. The third kappa shape index (κ3) is 3.95. The highest BCUT2D eigenvalue weighted by molar-refractivity contribution is 8.00. The number of carbonyl (C=O) groups is 1. The van der Waals surface area contributed by atoms with E-state index in [0.717, 1.165) is 21.9 Å². The molecule has 0 aliphatic carbocycles. The summed E-state index contributed by atoms with van der Waals surface area (Å²) in [4.78, 5) is 46.7. The summed E-state index contributed by atoms with van der Waals surface area (Å²) >= 11 is 1.16. The van der Waals surface area contributed by atoms with Crippen LogP contribution in [0.5, 0.6) is 0 Å². The molecule has 3 aromatic rings. The zero-order valence-electron chi connectivity index (χ0n) is 16.7. The zero-order chi connectivity index (χ0) is 21.1. The minimum Gasteiger partial charge on any atom is -0.465 e. The lowest BCUT2D eigenvalue weighted by atomic mass is 10.2. The van der Waals surface area contributed by atoms with E-state index in [4.69, 9.17) is 4.74 Å². The van der Waals surface area contributed by atoms with Crippen LogP contribution in [-0.4, -0.2) is 36.9 Å². The standard InChI is InChI=1S/C20H22N4O4S/c1-5-13(19(26)28-6-2)29-17-14-16(23(3)20(27)24(4)18(14)25)21-15(22-17)12-10-8-7-9-11-12/h7-11,13H,5-6H2,1-4H3/t13-/m0/s1. The number of benzene rings is 1. The van der Waals surface area contributed by atoms with Gasteiger partial charge in [0, 0.05) is 19.7 Å². The van der Waals surface area contributed by atoms with Crippen molar-refractivity contribution in [2.75, 3.05) is 6.61 Å². The van der Waals surface area contributed by atoms with Crippen molar-refractivity contribution in [1.82, 2.24) is 19.1 Å². The van der Waals surface area contributed by atoms with Crippen LogP contribution in [0, 0.1) is 0 Å². The number of hydrogen-bond acceptors (Lipinski definition) is 7. The van der Waals surface area contributed by atoms with Crippen LogP contribution >= 0.6 is 11.8 Å². The average Bonchev–Trinajstić information content (AvgIpc) is 2.74. The number of aromatic nitrogens is 4. The highest BCUT2D eigenvalue weighted by Gasteiger charge is 2.25. The SMILES string of the molecule is CCOC(=O)[C@H](CC)Sc1nc(-c2ccccc2)nc2c1c(=O)n(C)c(=O)n2C. The van der Waals surface area contributed by atoms with Crippen LogP contribution in [-0.2, 0) is 23.6 Å². The summed E-state index contributed by atoms with van der Waals surface area (Å²) in [5.74, 6) is 0.0113. The first kappa shape index (κ1) is 20.8. The Balaban J connectivity index is 2.30. The van der Waals surface area contributed by atoms with Crippen molar-refractivity contribution in [1.29, 1.82) is 0 Å². The van der Waals surface area contributed by atoms with Crippen molar-refractivity contribution < 1.29 is 9.53 Å². The summed E-state index contributed by atoms with van der Waals surface area (Å²) in [6, 6.07) is 9.27. The monoisotopic (exact) mass is 414 g/mol. The van der Waals surface area contributed by atoms with Crippen molar-refractivity contribution in [3.05, 3.63) is 51.2 Å². The number of esters is 1. The van der Waals surface area contributed by atoms with Crippen LogP contribution in [0.2, 0.25) is 0 Å². The van der Waals surface area contributed by atoms with E-state index < -0.39 is 16.5 Å². The lowest BCUT2D eigenvalue weighted by Gasteiger charge is -2.16. The number of nitrogens with zero attached hydrogens (tertiary/aromatic N) is 4. The van der Waals surface area contributed by atoms with Gasteiger partial charge < -0.3 is 4.74 Å². The van der Waals surface area contributed by atoms with E-state index in [2.05, 4.69) is 9.97 Å². The molecule has 0 unspecified atom stereocenters. The van der Waals surface area contributed by atoms with Gasteiger partial charge in [-0.25, -0.2) is 14.8 Å². The molecule has 1 aromatic carbocycles. The van der Waals surface area contributed by atoms with E-state index in [1.165, 1.54) is 11.6 Å². The molecule has 0 fully saturated rings. The number of fused-ring (bicyclic) bond motifs is 1. The molecule has 0 saturated carbocycles. The van der Waals surface area contributed by atoms with E-state index >= 15 is 0 Å². The van der Waals surface area contributed by atoms with Gasteiger partial charge in [-0.05, 0) is 13.3 Å². The molecule has 0 bridgehead atoms. The fraction of sp³-hybridized carbons (Fsp3) is 0.350. The summed E-state index contributed by atoms with van der Waals surface area (Å²) in [5.41, 5.74) is -0.000700. The normalized spacial score (nSPS) is 12.1. The fourth-order valence-corrected chi connectivity index (χ4v) is 3.93. The maximum atomic E-state index is 12.9. The Bertz CT molecular complexity index is 1170. The second-order valence-electron chi connectivity index (χ2n) is 6.39. The number of aryl methyl sites for hydroxylation is 1. The van der Waals surface area contributed by atoms with Gasteiger partial charge in [0.25, 0.3) is 5.56 Å². The number of hydrogen-bond donors (Lipinski definition) is 0. The highest BCUT2D eigenvalue weighted by atomic mass is 32.2. The van der Waals surface area contributed by atoms with Crippen molar-refractivity contribution in [3.8, 4) is 11.4 Å². The van der Waals surface area contributed by atoms with Crippen LogP contribution in [0.1, 0.15) is 20.3 Å². The fourth-order valence-electron chi connectivity index (χ4n) is 2.90. The Labute approximate surface area is 171 Å². The van der Waals surface area contributed by atoms with E-state index in [1.54, 1.807) is 14.0 Å². The molecule has 0 spiro atoms. The first-order valence-electron chi connectivity index (χ1n) is 9.25. The largest absolute Gasteiger partial charge is 0.465 e. The van der Waals surface area contributed by atoms with Gasteiger partial charge in [0.05, 0.1) is 6.61 Å². The molecule has 2 aromatic heterocycles. The minimum absolute atomic E-state index is 0.210. The van der Waals surface area contributed by atoms with E-state index in [0.29, 0.717) is 17.3 Å². The Morgan fingerprint density at radius 1 is 1.10 bits per heavy atom. The molecule has 2 heterocycles. The van der Waals surface area contributed by atoms with Crippen molar-refractivity contribution in [3.63, 3.8) is 0 Å². The molecule has 0 aliphatic rings. The predicted molar refractivity (Wildman–Crippen MR) is 112 cm³/mol. The number of carbonyl (C=O) groups excluding carboxylic acids is 1. The molecule has 0 aliphatic heterocycles. The summed E-state index contributed by atoms with van der Waals surface area (Å²) in [7, 11) is 2.97. The molecule has 0 N–H and O–H groups in total. The maximum Gasteiger partial charge on any atom is 0.332 e. The summed E-state index contributed by atoms with van der Waals surface area (Å²) in [6.07, 6.45) is 0.502. The Morgan fingerprint density at radius 3 is 2.41 bits per heavy atom. The second kappa shape index (κ2) is 8.60. The molecular weight excluding hydrogens is 392 g/mol. The lowest BCUT2D eigenvalue weighted by molar-refractivity contribution is -0.142. The molecule has 0 saturated heterocycles. The third-order valence-electron chi connectivity index (χ3n) is 4.47. The van der Waals surface area contributed by atoms with Crippen molar-refractivity contribution in [2.24, 2.45) is 14.1 Å². The third-order valence-corrected chi connectivity index (χ3v) is 5.80. The molecule has 9 heteroatoms. The molecule has 152 valence electrons. The smallest absolute Gasteiger partial charge is 0.332 e. The topological polar surface area (TPSA) is 96.1 Å². The van der Waals surface area contributed by atoms with Gasteiger partial charge in [0.2, 0.25) is 0 Å². The summed E-state index contributed by atoms with van der Waals surface area (Å²) < 4.78 is 7.49. The van der Waals surface area contributed by atoms with Crippen molar-refractivity contribution in [2.45, 2.75) is 30.5 Å². The second-order valence-corrected chi connectivity index (χ2v) is 7.58. The molecule has 3 rings (SSSR count). The van der Waals surface area contributed by atoms with Crippen LogP contribution in [0.15, 0.2) is 44.9 Å². The van der Waals surface area contributed by atoms with Gasteiger partial charge in [0.15, 0.2) is 11.5 Å². The number of thioether (sulfide) groups is 1. The van der Waals surface area contributed by atoms with Crippen LogP contribution in [0.4, 0.5) is 0 Å². The Morgan fingerprint density at radius 2 is 1.79 bits per heavy atom. The van der Waals surface area contributed by atoms with Gasteiger partial charge in [-0.15, -0.1) is 0 Å². The molecule has 8 nitrogen and oxygen atoms in total. The molecule has 29 heavy (non-hydrogen) atoms. The average molecular weight is 414 g/mol.